The molecule has 0 saturated heterocycles. The number of rotatable bonds is 28. The third-order valence-corrected chi connectivity index (χ3v) is 6.99. The highest BCUT2D eigenvalue weighted by molar-refractivity contribution is 5.76. The fourth-order valence-corrected chi connectivity index (χ4v) is 4.47. The van der Waals surface area contributed by atoms with Crippen LogP contribution in [-0.4, -0.2) is 34.9 Å². The number of allylic oxidation sites excluding steroid dienone is 9. The zero-order valence-corrected chi connectivity index (χ0v) is 26.1. The lowest BCUT2D eigenvalue weighted by Gasteiger charge is -2.19. The molecule has 0 aliphatic rings. The molecule has 0 aromatic heterocycles. The molecule has 0 rings (SSSR count). The van der Waals surface area contributed by atoms with Crippen molar-refractivity contribution in [2.45, 2.75) is 154 Å². The zero-order chi connectivity index (χ0) is 29.4. The van der Waals surface area contributed by atoms with Crippen molar-refractivity contribution in [3.8, 4) is 0 Å². The van der Waals surface area contributed by atoms with Crippen molar-refractivity contribution in [2.24, 2.45) is 0 Å². The molecule has 0 spiro atoms. The number of amides is 1. The molecule has 0 heterocycles. The number of nitrogens with one attached hydrogen (secondary N) is 1. The predicted octanol–water partition coefficient (Wildman–Crippen LogP) is 9.45. The summed E-state index contributed by atoms with van der Waals surface area (Å²) in [5.41, 5.74) is 0. The van der Waals surface area contributed by atoms with Gasteiger partial charge in [0.1, 0.15) is 0 Å². The Morgan fingerprint density at radius 3 is 1.60 bits per heavy atom. The summed E-state index contributed by atoms with van der Waals surface area (Å²) in [6.45, 7) is 3.98. The number of aliphatic hydroxyl groups is 2. The Kier molecular flexibility index (Phi) is 30.1. The molecule has 0 aromatic rings. The van der Waals surface area contributed by atoms with Crippen molar-refractivity contribution in [1.82, 2.24) is 5.32 Å². The molecule has 0 aromatic carbocycles. The van der Waals surface area contributed by atoms with Crippen molar-refractivity contribution in [3.63, 3.8) is 0 Å². The maximum absolute atomic E-state index is 12.1. The highest BCUT2D eigenvalue weighted by Gasteiger charge is 2.17. The molecule has 2 atom stereocenters. The molecule has 0 aliphatic carbocycles. The summed E-state index contributed by atoms with van der Waals surface area (Å²) in [5.74, 6) is -0.0829. The van der Waals surface area contributed by atoms with Gasteiger partial charge < -0.3 is 15.5 Å². The average molecular weight is 558 g/mol. The summed E-state index contributed by atoms with van der Waals surface area (Å²) in [6.07, 6.45) is 43.6. The third-order valence-electron chi connectivity index (χ3n) is 6.99. The number of carbonyl (C=O) groups excluding carboxylic acids is 1. The minimum atomic E-state index is -0.836. The summed E-state index contributed by atoms with van der Waals surface area (Å²) >= 11 is 0. The van der Waals surface area contributed by atoms with Crippen LogP contribution in [0.2, 0.25) is 0 Å². The van der Waals surface area contributed by atoms with E-state index in [1.807, 2.05) is 6.08 Å². The highest BCUT2D eigenvalue weighted by atomic mass is 16.3. The van der Waals surface area contributed by atoms with Crippen LogP contribution in [0.15, 0.2) is 60.8 Å². The first kappa shape index (κ1) is 38.1. The number of carbonyl (C=O) groups is 1. The molecule has 0 saturated carbocycles. The normalized spacial score (nSPS) is 14.0. The Labute approximate surface area is 247 Å². The van der Waals surface area contributed by atoms with Crippen LogP contribution < -0.4 is 5.32 Å². The van der Waals surface area contributed by atoms with Gasteiger partial charge in [-0.15, -0.1) is 0 Å². The van der Waals surface area contributed by atoms with Gasteiger partial charge in [0.2, 0.25) is 5.91 Å². The molecule has 40 heavy (non-hydrogen) atoms. The predicted molar refractivity (Wildman–Crippen MR) is 174 cm³/mol. The molecular weight excluding hydrogens is 494 g/mol. The first-order valence-corrected chi connectivity index (χ1v) is 16.5. The Morgan fingerprint density at radius 1 is 0.625 bits per heavy atom. The second-order valence-corrected chi connectivity index (χ2v) is 10.8. The summed E-state index contributed by atoms with van der Waals surface area (Å²) in [7, 11) is 0. The van der Waals surface area contributed by atoms with Gasteiger partial charge in [-0.1, -0.05) is 145 Å². The second-order valence-electron chi connectivity index (χ2n) is 10.8. The minimum absolute atomic E-state index is 0.0829. The molecule has 0 bridgehead atoms. The summed E-state index contributed by atoms with van der Waals surface area (Å²) in [6, 6.07) is -0.619. The first-order chi connectivity index (χ1) is 19.7. The maximum atomic E-state index is 12.1. The second kappa shape index (κ2) is 31.6. The Morgan fingerprint density at radius 2 is 1.10 bits per heavy atom. The molecule has 230 valence electrons. The van der Waals surface area contributed by atoms with Gasteiger partial charge in [0.15, 0.2) is 0 Å². The lowest BCUT2D eigenvalue weighted by Crippen LogP contribution is -2.45. The van der Waals surface area contributed by atoms with Crippen LogP contribution >= 0.6 is 0 Å². The van der Waals surface area contributed by atoms with Crippen LogP contribution in [0.3, 0.4) is 0 Å². The number of aliphatic hydroxyl groups excluding tert-OH is 2. The van der Waals surface area contributed by atoms with E-state index in [1.54, 1.807) is 6.08 Å². The lowest BCUT2D eigenvalue weighted by atomic mass is 10.0. The fourth-order valence-electron chi connectivity index (χ4n) is 4.47. The number of unbranched alkanes of at least 4 members (excludes halogenated alkanes) is 13. The molecule has 0 aliphatic heterocycles. The largest absolute Gasteiger partial charge is 0.394 e. The van der Waals surface area contributed by atoms with Crippen molar-refractivity contribution >= 4 is 5.91 Å². The molecule has 0 fully saturated rings. The standard InChI is InChI=1S/C36H63NO3/c1-3-5-7-8-9-10-11-12-13-14-15-16-17-18-19-20-21-22-23-24-25-26-27-28-30-32-36(40)37-34(33-38)35(39)31-29-6-4-2/h5,7,9-10,12-13,15-16,29,31,34-35,38-39H,3-4,6,8,11,14,17-28,30,32-33H2,1-2H3,(H,37,40)/b7-5-,10-9-,13-12-,16-15-,31-29+. The molecule has 0 radical (unpaired) electrons. The average Bonchev–Trinajstić information content (AvgIpc) is 2.96. The van der Waals surface area contributed by atoms with Gasteiger partial charge in [-0.25, -0.2) is 0 Å². The van der Waals surface area contributed by atoms with Crippen LogP contribution in [0.1, 0.15) is 142 Å². The van der Waals surface area contributed by atoms with Gasteiger partial charge in [-0.05, 0) is 51.4 Å². The van der Waals surface area contributed by atoms with E-state index in [1.165, 1.54) is 70.6 Å². The Balaban J connectivity index is 3.46. The molecule has 3 N–H and O–H groups in total. The number of hydrogen-bond donors (Lipinski definition) is 3. The van der Waals surface area contributed by atoms with Gasteiger partial charge in [0.05, 0.1) is 18.8 Å². The minimum Gasteiger partial charge on any atom is -0.394 e. The summed E-state index contributed by atoms with van der Waals surface area (Å²) < 4.78 is 0. The van der Waals surface area contributed by atoms with Crippen molar-refractivity contribution in [2.75, 3.05) is 6.61 Å². The van der Waals surface area contributed by atoms with Crippen molar-refractivity contribution in [1.29, 1.82) is 0 Å². The monoisotopic (exact) mass is 557 g/mol. The quantitative estimate of drug-likeness (QED) is 0.0663. The summed E-state index contributed by atoms with van der Waals surface area (Å²) in [4.78, 5) is 12.1. The molecule has 4 nitrogen and oxygen atoms in total. The van der Waals surface area contributed by atoms with Gasteiger partial charge in [-0.3, -0.25) is 4.79 Å². The lowest BCUT2D eigenvalue weighted by molar-refractivity contribution is -0.123. The van der Waals surface area contributed by atoms with Gasteiger partial charge >= 0.3 is 0 Å². The van der Waals surface area contributed by atoms with Gasteiger partial charge in [0.25, 0.3) is 0 Å². The first-order valence-electron chi connectivity index (χ1n) is 16.5. The van der Waals surface area contributed by atoms with Gasteiger partial charge in [0, 0.05) is 6.42 Å². The van der Waals surface area contributed by atoms with Crippen molar-refractivity contribution < 1.29 is 15.0 Å². The van der Waals surface area contributed by atoms with E-state index in [4.69, 9.17) is 0 Å². The van der Waals surface area contributed by atoms with E-state index < -0.39 is 12.1 Å². The van der Waals surface area contributed by atoms with E-state index in [-0.39, 0.29) is 12.5 Å². The van der Waals surface area contributed by atoms with Crippen molar-refractivity contribution in [3.05, 3.63) is 60.8 Å². The van der Waals surface area contributed by atoms with E-state index >= 15 is 0 Å². The van der Waals surface area contributed by atoms with Crippen LogP contribution in [0, 0.1) is 0 Å². The summed E-state index contributed by atoms with van der Waals surface area (Å²) in [5, 5.41) is 22.3. The SMILES string of the molecule is CC/C=C\C/C=C\C/C=C\C/C=C\CCCCCCCCCCCCCCC(=O)NC(CO)C(O)/C=C/CCC. The highest BCUT2D eigenvalue weighted by Crippen LogP contribution is 2.13. The van der Waals surface area contributed by atoms with Crippen LogP contribution in [0.25, 0.3) is 0 Å². The maximum Gasteiger partial charge on any atom is 0.220 e. The van der Waals surface area contributed by atoms with E-state index in [2.05, 4.69) is 67.8 Å². The van der Waals surface area contributed by atoms with E-state index in [0.717, 1.165) is 51.4 Å². The van der Waals surface area contributed by atoms with E-state index in [0.29, 0.717) is 6.42 Å². The molecule has 1 amide bonds. The smallest absolute Gasteiger partial charge is 0.220 e. The molecule has 4 heteroatoms. The molecule has 2 unspecified atom stereocenters. The van der Waals surface area contributed by atoms with Crippen LogP contribution in [0.4, 0.5) is 0 Å². The topological polar surface area (TPSA) is 69.6 Å². The third kappa shape index (κ3) is 27.6. The number of hydrogen-bond acceptors (Lipinski definition) is 3. The van der Waals surface area contributed by atoms with Gasteiger partial charge in [-0.2, -0.15) is 0 Å². The van der Waals surface area contributed by atoms with E-state index in [9.17, 15) is 15.0 Å². The van der Waals surface area contributed by atoms with Crippen LogP contribution in [-0.2, 0) is 4.79 Å². The Hall–Kier alpha value is -1.91. The zero-order valence-electron chi connectivity index (χ0n) is 26.1. The molecular formula is C36H63NO3. The fraction of sp³-hybridized carbons (Fsp3) is 0.694. The Bertz CT molecular complexity index is 692. The van der Waals surface area contributed by atoms with Crippen LogP contribution in [0.5, 0.6) is 0 Å².